The fourth-order valence-electron chi connectivity index (χ4n) is 2.13. The van der Waals surface area contributed by atoms with Crippen LogP contribution < -0.4 is 0 Å². The number of likely N-dealkylation sites (tertiary alicyclic amines) is 1. The number of hydrogen-bond acceptors (Lipinski definition) is 3. The van der Waals surface area contributed by atoms with Gasteiger partial charge in [0, 0.05) is 29.3 Å². The topological polar surface area (TPSA) is 54.5 Å². The third-order valence-electron chi connectivity index (χ3n) is 3.15. The molecule has 1 aliphatic heterocycles. The number of carbonyl (C=O) groups excluding carboxylic acids is 1. The predicted molar refractivity (Wildman–Crippen MR) is 69.1 cm³/mol. The Balaban J connectivity index is 2.34. The van der Waals surface area contributed by atoms with Crippen molar-refractivity contribution in [3.63, 3.8) is 0 Å². The van der Waals surface area contributed by atoms with Gasteiger partial charge in [-0.2, -0.15) is 0 Å². The first kappa shape index (κ1) is 14.3. The van der Waals surface area contributed by atoms with Crippen LogP contribution in [-0.4, -0.2) is 32.3 Å². The second-order valence-corrected chi connectivity index (χ2v) is 7.26. The second kappa shape index (κ2) is 5.09. The number of benzene rings is 1. The van der Waals surface area contributed by atoms with Crippen molar-refractivity contribution in [3.8, 4) is 0 Å². The number of halogens is 2. The average molecular weight is 306 g/mol. The highest BCUT2D eigenvalue weighted by atomic mass is 35.7. The highest BCUT2D eigenvalue weighted by molar-refractivity contribution is 8.13. The van der Waals surface area contributed by atoms with Gasteiger partial charge in [0.2, 0.25) is 0 Å². The van der Waals surface area contributed by atoms with Gasteiger partial charge in [-0.1, -0.05) is 6.92 Å². The van der Waals surface area contributed by atoms with E-state index >= 15 is 0 Å². The van der Waals surface area contributed by atoms with Crippen LogP contribution >= 0.6 is 10.7 Å². The predicted octanol–water partition coefficient (Wildman–Crippen LogP) is 2.24. The van der Waals surface area contributed by atoms with Gasteiger partial charge in [-0.05, 0) is 30.5 Å². The van der Waals surface area contributed by atoms with Crippen LogP contribution in [0.25, 0.3) is 0 Å². The van der Waals surface area contributed by atoms with Crippen molar-refractivity contribution < 1.29 is 17.6 Å². The van der Waals surface area contributed by atoms with Gasteiger partial charge in [0.1, 0.15) is 10.7 Å². The van der Waals surface area contributed by atoms with Crippen LogP contribution in [0.3, 0.4) is 0 Å². The molecule has 1 amide bonds. The largest absolute Gasteiger partial charge is 0.338 e. The molecule has 4 nitrogen and oxygen atoms in total. The average Bonchev–Trinajstić information content (AvgIpc) is 2.74. The molecule has 0 aromatic heterocycles. The van der Waals surface area contributed by atoms with Crippen molar-refractivity contribution in [2.45, 2.75) is 18.2 Å². The van der Waals surface area contributed by atoms with Gasteiger partial charge in [0.15, 0.2) is 0 Å². The Morgan fingerprint density at radius 3 is 2.68 bits per heavy atom. The molecule has 1 saturated heterocycles. The summed E-state index contributed by atoms with van der Waals surface area (Å²) in [5.74, 6) is -0.840. The summed E-state index contributed by atoms with van der Waals surface area (Å²) in [5.41, 5.74) is 0.134. The van der Waals surface area contributed by atoms with Gasteiger partial charge in [0.05, 0.1) is 0 Å². The summed E-state index contributed by atoms with van der Waals surface area (Å²) in [5, 5.41) is 0. The van der Waals surface area contributed by atoms with Crippen LogP contribution in [0.1, 0.15) is 23.7 Å². The van der Waals surface area contributed by atoms with Crippen LogP contribution in [0, 0.1) is 11.7 Å². The lowest BCUT2D eigenvalue weighted by Crippen LogP contribution is -2.28. The van der Waals surface area contributed by atoms with Crippen LogP contribution in [0.4, 0.5) is 4.39 Å². The Morgan fingerprint density at radius 1 is 1.47 bits per heavy atom. The van der Waals surface area contributed by atoms with E-state index in [1.165, 1.54) is 6.07 Å². The van der Waals surface area contributed by atoms with Gasteiger partial charge in [-0.15, -0.1) is 0 Å². The molecule has 1 aromatic carbocycles. The molecule has 1 atom stereocenters. The molecule has 19 heavy (non-hydrogen) atoms. The summed E-state index contributed by atoms with van der Waals surface area (Å²) in [6, 6.07) is 3.21. The quantitative estimate of drug-likeness (QED) is 0.787. The maximum Gasteiger partial charge on any atom is 0.264 e. The molecule has 1 fully saturated rings. The Bertz CT molecular complexity index is 617. The Kier molecular flexibility index (Phi) is 3.82. The number of carbonyl (C=O) groups is 1. The fourth-order valence-corrected chi connectivity index (χ4v) is 3.05. The Morgan fingerprint density at radius 2 is 2.16 bits per heavy atom. The van der Waals surface area contributed by atoms with Crippen molar-refractivity contribution in [1.82, 2.24) is 4.90 Å². The van der Waals surface area contributed by atoms with Crippen LogP contribution in [0.15, 0.2) is 23.1 Å². The summed E-state index contributed by atoms with van der Waals surface area (Å²) >= 11 is 0. The van der Waals surface area contributed by atoms with E-state index in [1.54, 1.807) is 4.90 Å². The molecule has 1 aromatic rings. The molecule has 104 valence electrons. The number of hydrogen-bond donors (Lipinski definition) is 0. The maximum absolute atomic E-state index is 13.4. The van der Waals surface area contributed by atoms with Crippen molar-refractivity contribution in [3.05, 3.63) is 29.6 Å². The minimum Gasteiger partial charge on any atom is -0.338 e. The first-order chi connectivity index (χ1) is 8.79. The molecule has 0 radical (unpaired) electrons. The third-order valence-corrected chi connectivity index (χ3v) is 4.49. The SMILES string of the molecule is CC1CCN(C(=O)c2ccc(F)c(S(=O)(=O)Cl)c2)C1. The molecule has 1 aliphatic rings. The lowest BCUT2D eigenvalue weighted by molar-refractivity contribution is 0.0788. The van der Waals surface area contributed by atoms with E-state index in [-0.39, 0.29) is 11.5 Å². The summed E-state index contributed by atoms with van der Waals surface area (Å²) in [6.07, 6.45) is 0.910. The molecule has 0 bridgehead atoms. The van der Waals surface area contributed by atoms with E-state index in [1.807, 2.05) is 6.92 Å². The molecule has 7 heteroatoms. The molecule has 1 heterocycles. The molecular weight excluding hydrogens is 293 g/mol. The number of amides is 1. The van der Waals surface area contributed by atoms with Crippen molar-refractivity contribution in [2.75, 3.05) is 13.1 Å². The van der Waals surface area contributed by atoms with E-state index in [0.29, 0.717) is 19.0 Å². The maximum atomic E-state index is 13.4. The van der Waals surface area contributed by atoms with Gasteiger partial charge < -0.3 is 4.90 Å². The van der Waals surface area contributed by atoms with Crippen molar-refractivity contribution in [2.24, 2.45) is 5.92 Å². The molecule has 0 aliphatic carbocycles. The zero-order chi connectivity index (χ0) is 14.2. The van der Waals surface area contributed by atoms with E-state index in [4.69, 9.17) is 10.7 Å². The lowest BCUT2D eigenvalue weighted by atomic mass is 10.2. The van der Waals surface area contributed by atoms with Crippen LogP contribution in [0.5, 0.6) is 0 Å². The van der Waals surface area contributed by atoms with Crippen molar-refractivity contribution >= 4 is 25.6 Å². The summed E-state index contributed by atoms with van der Waals surface area (Å²) in [4.78, 5) is 13.1. The first-order valence-electron chi connectivity index (χ1n) is 5.82. The third kappa shape index (κ3) is 3.06. The number of nitrogens with zero attached hydrogens (tertiary/aromatic N) is 1. The fraction of sp³-hybridized carbons (Fsp3) is 0.417. The molecular formula is C12H13ClFNO3S. The van der Waals surface area contributed by atoms with Crippen LogP contribution in [-0.2, 0) is 9.05 Å². The zero-order valence-electron chi connectivity index (χ0n) is 10.3. The standard InChI is InChI=1S/C12H13ClFNO3S/c1-8-4-5-15(7-8)12(16)9-2-3-10(14)11(6-9)19(13,17)18/h2-3,6,8H,4-5,7H2,1H3. The molecule has 1 unspecified atom stereocenters. The molecule has 2 rings (SSSR count). The molecule has 0 saturated carbocycles. The molecule has 0 spiro atoms. The number of rotatable bonds is 2. The van der Waals surface area contributed by atoms with E-state index in [2.05, 4.69) is 0 Å². The Labute approximate surface area is 115 Å². The van der Waals surface area contributed by atoms with Gasteiger partial charge in [-0.3, -0.25) is 4.79 Å². The smallest absolute Gasteiger partial charge is 0.264 e. The first-order valence-corrected chi connectivity index (χ1v) is 8.13. The summed E-state index contributed by atoms with van der Waals surface area (Å²) in [6.45, 7) is 3.28. The monoisotopic (exact) mass is 305 g/mol. The summed E-state index contributed by atoms with van der Waals surface area (Å²) in [7, 11) is 0.933. The van der Waals surface area contributed by atoms with Crippen LogP contribution in [0.2, 0.25) is 0 Å². The highest BCUT2D eigenvalue weighted by Crippen LogP contribution is 2.23. The van der Waals surface area contributed by atoms with Gasteiger partial charge >= 0.3 is 0 Å². The highest BCUT2D eigenvalue weighted by Gasteiger charge is 2.26. The normalized spacial score (nSPS) is 19.7. The van der Waals surface area contributed by atoms with Crippen molar-refractivity contribution in [1.29, 1.82) is 0 Å². The van der Waals surface area contributed by atoms with Gasteiger partial charge in [0.25, 0.3) is 15.0 Å². The minimum atomic E-state index is -4.20. The zero-order valence-corrected chi connectivity index (χ0v) is 11.8. The van der Waals surface area contributed by atoms with E-state index in [9.17, 15) is 17.6 Å². The molecule has 0 N–H and O–H groups in total. The lowest BCUT2D eigenvalue weighted by Gasteiger charge is -2.16. The van der Waals surface area contributed by atoms with Gasteiger partial charge in [-0.25, -0.2) is 12.8 Å². The minimum absolute atomic E-state index is 0.134. The van der Waals surface area contributed by atoms with E-state index < -0.39 is 19.8 Å². The Hall–Kier alpha value is -1.14. The second-order valence-electron chi connectivity index (χ2n) is 4.73. The summed E-state index contributed by atoms with van der Waals surface area (Å²) < 4.78 is 35.8. The van der Waals surface area contributed by atoms with E-state index in [0.717, 1.165) is 18.6 Å².